The van der Waals surface area contributed by atoms with Crippen LogP contribution in [-0.2, 0) is 14.8 Å². The Bertz CT molecular complexity index is 685. The number of rotatable bonds is 4. The van der Waals surface area contributed by atoms with Gasteiger partial charge in [0, 0.05) is 26.2 Å². The molecule has 0 aliphatic carbocycles. The molecule has 1 fully saturated rings. The molecule has 1 atom stereocenters. The van der Waals surface area contributed by atoms with E-state index in [2.05, 4.69) is 0 Å². The minimum atomic E-state index is -3.21. The first-order chi connectivity index (χ1) is 10.7. The smallest absolute Gasteiger partial charge is 0.263 e. The van der Waals surface area contributed by atoms with E-state index < -0.39 is 16.1 Å². The number of carbonyl (C=O) groups excluding carboxylic acids is 1. The van der Waals surface area contributed by atoms with Crippen molar-refractivity contribution in [3.63, 3.8) is 0 Å². The van der Waals surface area contributed by atoms with Crippen LogP contribution in [0, 0.1) is 6.92 Å². The summed E-state index contributed by atoms with van der Waals surface area (Å²) in [6, 6.07) is 5.38. The van der Waals surface area contributed by atoms with Crippen molar-refractivity contribution in [1.29, 1.82) is 0 Å². The summed E-state index contributed by atoms with van der Waals surface area (Å²) in [7, 11) is -3.21. The lowest BCUT2D eigenvalue weighted by Gasteiger charge is -2.34. The second-order valence-corrected chi connectivity index (χ2v) is 8.07. The van der Waals surface area contributed by atoms with Gasteiger partial charge in [0.25, 0.3) is 5.91 Å². The van der Waals surface area contributed by atoms with Gasteiger partial charge in [-0.15, -0.1) is 0 Å². The fourth-order valence-corrected chi connectivity index (χ4v) is 3.43. The van der Waals surface area contributed by atoms with Crippen LogP contribution in [0.3, 0.4) is 0 Å². The fourth-order valence-electron chi connectivity index (χ4n) is 2.44. The highest BCUT2D eigenvalue weighted by Gasteiger charge is 2.29. The number of benzene rings is 1. The van der Waals surface area contributed by atoms with E-state index in [1.54, 1.807) is 24.0 Å². The summed E-state index contributed by atoms with van der Waals surface area (Å²) in [5.74, 6) is 0.304. The molecule has 0 bridgehead atoms. The van der Waals surface area contributed by atoms with Crippen molar-refractivity contribution in [3.05, 3.63) is 28.8 Å². The molecule has 1 saturated heterocycles. The normalized spacial score (nSPS) is 17.8. The van der Waals surface area contributed by atoms with Crippen molar-refractivity contribution < 1.29 is 17.9 Å². The molecule has 2 rings (SSSR count). The Kier molecular flexibility index (Phi) is 5.54. The number of nitrogens with zero attached hydrogens (tertiary/aromatic N) is 2. The summed E-state index contributed by atoms with van der Waals surface area (Å²) in [5.41, 5.74) is 0.991. The Labute approximate surface area is 142 Å². The van der Waals surface area contributed by atoms with Crippen LogP contribution in [0.25, 0.3) is 0 Å². The van der Waals surface area contributed by atoms with Gasteiger partial charge in [-0.25, -0.2) is 8.42 Å². The number of piperazine rings is 1. The average Bonchev–Trinajstić information content (AvgIpc) is 2.49. The van der Waals surface area contributed by atoms with Crippen LogP contribution >= 0.6 is 11.6 Å². The number of halogens is 1. The summed E-state index contributed by atoms with van der Waals surface area (Å²) in [4.78, 5) is 14.1. The molecule has 0 radical (unpaired) electrons. The van der Waals surface area contributed by atoms with Gasteiger partial charge in [-0.05, 0) is 31.5 Å². The largest absolute Gasteiger partial charge is 0.479 e. The Hall–Kier alpha value is -1.31. The molecule has 1 aliphatic rings. The summed E-state index contributed by atoms with van der Waals surface area (Å²) in [6.45, 7) is 4.93. The number of sulfonamides is 1. The van der Waals surface area contributed by atoms with Crippen LogP contribution in [0.4, 0.5) is 0 Å². The van der Waals surface area contributed by atoms with Crippen LogP contribution in [0.15, 0.2) is 18.2 Å². The minimum absolute atomic E-state index is 0.171. The molecule has 128 valence electrons. The first-order valence-corrected chi connectivity index (χ1v) is 9.58. The predicted molar refractivity (Wildman–Crippen MR) is 89.3 cm³/mol. The first-order valence-electron chi connectivity index (χ1n) is 7.35. The van der Waals surface area contributed by atoms with E-state index in [1.807, 2.05) is 13.0 Å². The molecular formula is C15H21ClN2O4S. The maximum Gasteiger partial charge on any atom is 0.263 e. The van der Waals surface area contributed by atoms with Gasteiger partial charge < -0.3 is 9.64 Å². The summed E-state index contributed by atoms with van der Waals surface area (Å²) in [6.07, 6.45) is 0.495. The number of amides is 1. The molecule has 6 nitrogen and oxygen atoms in total. The van der Waals surface area contributed by atoms with E-state index in [9.17, 15) is 13.2 Å². The van der Waals surface area contributed by atoms with Crippen molar-refractivity contribution in [3.8, 4) is 5.75 Å². The van der Waals surface area contributed by atoms with E-state index in [0.717, 1.165) is 5.56 Å². The minimum Gasteiger partial charge on any atom is -0.479 e. The molecule has 8 heteroatoms. The molecule has 0 spiro atoms. The van der Waals surface area contributed by atoms with Gasteiger partial charge in [-0.1, -0.05) is 17.7 Å². The molecule has 1 aromatic carbocycles. The highest BCUT2D eigenvalue weighted by molar-refractivity contribution is 7.88. The van der Waals surface area contributed by atoms with Gasteiger partial charge in [0.05, 0.1) is 11.3 Å². The number of ether oxygens (including phenoxy) is 1. The first kappa shape index (κ1) is 18.0. The van der Waals surface area contributed by atoms with Crippen LogP contribution < -0.4 is 4.74 Å². The molecule has 0 saturated carbocycles. The van der Waals surface area contributed by atoms with E-state index >= 15 is 0 Å². The van der Waals surface area contributed by atoms with Gasteiger partial charge in [0.1, 0.15) is 5.75 Å². The molecule has 1 heterocycles. The number of carbonyl (C=O) groups is 1. The summed E-state index contributed by atoms with van der Waals surface area (Å²) < 4.78 is 30.0. The zero-order chi connectivity index (χ0) is 17.2. The molecular weight excluding hydrogens is 340 g/mol. The van der Waals surface area contributed by atoms with Crippen molar-refractivity contribution in [2.45, 2.75) is 20.0 Å². The maximum absolute atomic E-state index is 12.4. The third-order valence-electron chi connectivity index (χ3n) is 3.76. The third kappa shape index (κ3) is 4.59. The summed E-state index contributed by atoms with van der Waals surface area (Å²) in [5, 5.41) is 0.456. The van der Waals surface area contributed by atoms with Gasteiger partial charge in [0.2, 0.25) is 10.0 Å². The Balaban J connectivity index is 1.97. The SMILES string of the molecule is Cc1ccc(Cl)c(O[C@H](C)C(=O)N2CCN(S(C)(=O)=O)CC2)c1. The van der Waals surface area contributed by atoms with Crippen molar-refractivity contribution in [1.82, 2.24) is 9.21 Å². The zero-order valence-electron chi connectivity index (χ0n) is 13.5. The predicted octanol–water partition coefficient (Wildman–Crippen LogP) is 1.52. The Morgan fingerprint density at radius 1 is 1.26 bits per heavy atom. The third-order valence-corrected chi connectivity index (χ3v) is 5.37. The van der Waals surface area contributed by atoms with E-state index in [1.165, 1.54) is 10.6 Å². The quantitative estimate of drug-likeness (QED) is 0.816. The molecule has 1 aromatic rings. The van der Waals surface area contributed by atoms with Gasteiger partial charge >= 0.3 is 0 Å². The van der Waals surface area contributed by atoms with Crippen molar-refractivity contribution in [2.75, 3.05) is 32.4 Å². The standard InChI is InChI=1S/C15H21ClN2O4S/c1-11-4-5-13(16)14(10-11)22-12(2)15(19)17-6-8-18(9-7-17)23(3,20)21/h4-5,10,12H,6-9H2,1-3H3/t12-/m1/s1. The van der Waals surface area contributed by atoms with E-state index in [4.69, 9.17) is 16.3 Å². The molecule has 0 N–H and O–H groups in total. The monoisotopic (exact) mass is 360 g/mol. The van der Waals surface area contributed by atoms with Gasteiger partial charge in [0.15, 0.2) is 6.10 Å². The molecule has 1 aliphatic heterocycles. The van der Waals surface area contributed by atoms with Gasteiger partial charge in [-0.3, -0.25) is 4.79 Å². The Morgan fingerprint density at radius 3 is 2.43 bits per heavy atom. The van der Waals surface area contributed by atoms with Crippen LogP contribution in [0.2, 0.25) is 5.02 Å². The Morgan fingerprint density at radius 2 is 1.87 bits per heavy atom. The second kappa shape index (κ2) is 7.07. The second-order valence-electron chi connectivity index (χ2n) is 5.68. The molecule has 0 unspecified atom stereocenters. The lowest BCUT2D eigenvalue weighted by molar-refractivity contribution is -0.139. The molecule has 23 heavy (non-hydrogen) atoms. The average molecular weight is 361 g/mol. The number of hydrogen-bond acceptors (Lipinski definition) is 4. The number of hydrogen-bond donors (Lipinski definition) is 0. The molecule has 1 amide bonds. The van der Waals surface area contributed by atoms with Crippen molar-refractivity contribution in [2.24, 2.45) is 0 Å². The lowest BCUT2D eigenvalue weighted by Crippen LogP contribution is -2.53. The van der Waals surface area contributed by atoms with Gasteiger partial charge in [-0.2, -0.15) is 4.31 Å². The van der Waals surface area contributed by atoms with E-state index in [0.29, 0.717) is 37.0 Å². The summed E-state index contributed by atoms with van der Waals surface area (Å²) >= 11 is 6.08. The van der Waals surface area contributed by atoms with Crippen LogP contribution in [0.5, 0.6) is 5.75 Å². The topological polar surface area (TPSA) is 66.9 Å². The maximum atomic E-state index is 12.4. The van der Waals surface area contributed by atoms with Crippen LogP contribution in [0.1, 0.15) is 12.5 Å². The van der Waals surface area contributed by atoms with Crippen molar-refractivity contribution >= 4 is 27.5 Å². The zero-order valence-corrected chi connectivity index (χ0v) is 15.0. The number of aryl methyl sites for hydroxylation is 1. The highest BCUT2D eigenvalue weighted by Crippen LogP contribution is 2.26. The van der Waals surface area contributed by atoms with Crippen LogP contribution in [-0.4, -0.2) is 62.1 Å². The highest BCUT2D eigenvalue weighted by atomic mass is 35.5. The molecule has 0 aromatic heterocycles. The fraction of sp³-hybridized carbons (Fsp3) is 0.533. The van der Waals surface area contributed by atoms with E-state index in [-0.39, 0.29) is 5.91 Å². The lowest BCUT2D eigenvalue weighted by atomic mass is 10.2.